The minimum absolute atomic E-state index is 0.197. The van der Waals surface area contributed by atoms with Gasteiger partial charge in [0, 0.05) is 25.0 Å². The maximum absolute atomic E-state index is 12.8. The van der Waals surface area contributed by atoms with Crippen molar-refractivity contribution in [3.8, 4) is 0 Å². The van der Waals surface area contributed by atoms with Crippen molar-refractivity contribution in [2.24, 2.45) is 0 Å². The normalized spacial score (nSPS) is 11.5. The lowest BCUT2D eigenvalue weighted by Crippen LogP contribution is -2.31. The van der Waals surface area contributed by atoms with E-state index in [1.54, 1.807) is 39.1 Å². The molecule has 0 aliphatic rings. The van der Waals surface area contributed by atoms with Crippen LogP contribution in [0.3, 0.4) is 0 Å². The lowest BCUT2D eigenvalue weighted by molar-refractivity contribution is -0.113. The Labute approximate surface area is 159 Å². The fraction of sp³-hybridized carbons (Fsp3) is 0.333. The number of hydrogen-bond donors (Lipinski definition) is 1. The standard InChI is InChI=1S/C18H23N3O3S2/c1-4-21(5-2)26(23,24)16-12-15(10-9-14(16)3)20-17(22)13-25-18-8-6-7-11-19-18/h6-12H,4-5,13H2,1-3H3,(H,20,22). The lowest BCUT2D eigenvalue weighted by atomic mass is 10.2. The molecule has 1 aromatic heterocycles. The zero-order valence-electron chi connectivity index (χ0n) is 15.1. The van der Waals surface area contributed by atoms with E-state index in [0.717, 1.165) is 5.03 Å². The Morgan fingerprint density at radius 3 is 2.54 bits per heavy atom. The Morgan fingerprint density at radius 2 is 1.92 bits per heavy atom. The van der Waals surface area contributed by atoms with Crippen LogP contribution in [0.5, 0.6) is 0 Å². The molecule has 140 valence electrons. The Kier molecular flexibility index (Phi) is 7.19. The van der Waals surface area contributed by atoms with Gasteiger partial charge in [0.25, 0.3) is 0 Å². The first-order valence-corrected chi connectivity index (χ1v) is 10.8. The monoisotopic (exact) mass is 393 g/mol. The molecule has 1 heterocycles. The highest BCUT2D eigenvalue weighted by molar-refractivity contribution is 7.99. The van der Waals surface area contributed by atoms with Crippen molar-refractivity contribution >= 4 is 33.4 Å². The molecule has 1 amide bonds. The fourth-order valence-corrected chi connectivity index (χ4v) is 4.80. The molecule has 0 fully saturated rings. The summed E-state index contributed by atoms with van der Waals surface area (Å²) in [7, 11) is -3.58. The predicted molar refractivity (Wildman–Crippen MR) is 105 cm³/mol. The molecule has 0 unspecified atom stereocenters. The average molecular weight is 394 g/mol. The number of rotatable bonds is 8. The third-order valence-corrected chi connectivity index (χ3v) is 6.92. The van der Waals surface area contributed by atoms with Crippen LogP contribution in [0.2, 0.25) is 0 Å². The van der Waals surface area contributed by atoms with Gasteiger partial charge in [-0.15, -0.1) is 0 Å². The van der Waals surface area contributed by atoms with Crippen molar-refractivity contribution in [1.29, 1.82) is 0 Å². The molecule has 0 aliphatic heterocycles. The molecule has 1 N–H and O–H groups in total. The third kappa shape index (κ3) is 5.06. The SMILES string of the molecule is CCN(CC)S(=O)(=O)c1cc(NC(=O)CSc2ccccn2)ccc1C. The maximum Gasteiger partial charge on any atom is 0.243 e. The number of benzene rings is 1. The molecule has 0 saturated heterocycles. The van der Waals surface area contributed by atoms with Gasteiger partial charge in [0.15, 0.2) is 0 Å². The van der Waals surface area contributed by atoms with Gasteiger partial charge in [-0.3, -0.25) is 4.79 Å². The van der Waals surface area contributed by atoms with Crippen LogP contribution in [-0.2, 0) is 14.8 Å². The topological polar surface area (TPSA) is 79.4 Å². The summed E-state index contributed by atoms with van der Waals surface area (Å²) in [6.45, 7) is 6.15. The Hall–Kier alpha value is -1.90. The minimum Gasteiger partial charge on any atom is -0.325 e. The van der Waals surface area contributed by atoms with Crippen LogP contribution >= 0.6 is 11.8 Å². The number of pyridine rings is 1. The van der Waals surface area contributed by atoms with Crippen LogP contribution in [-0.4, -0.2) is 42.5 Å². The number of carbonyl (C=O) groups excluding carboxylic acids is 1. The van der Waals surface area contributed by atoms with Gasteiger partial charge in [-0.25, -0.2) is 13.4 Å². The van der Waals surface area contributed by atoms with Crippen LogP contribution < -0.4 is 5.32 Å². The van der Waals surface area contributed by atoms with E-state index < -0.39 is 10.0 Å². The molecule has 8 heteroatoms. The smallest absolute Gasteiger partial charge is 0.243 e. The van der Waals surface area contributed by atoms with Crippen molar-refractivity contribution in [3.05, 3.63) is 48.2 Å². The largest absolute Gasteiger partial charge is 0.325 e. The molecule has 0 radical (unpaired) electrons. The van der Waals surface area contributed by atoms with Crippen LogP contribution in [0, 0.1) is 6.92 Å². The summed E-state index contributed by atoms with van der Waals surface area (Å²) in [4.78, 5) is 16.5. The Bertz CT molecular complexity index is 851. The number of aryl methyl sites for hydroxylation is 1. The van der Waals surface area contributed by atoms with E-state index in [4.69, 9.17) is 0 Å². The molecule has 2 aromatic rings. The Morgan fingerprint density at radius 1 is 1.19 bits per heavy atom. The zero-order valence-corrected chi connectivity index (χ0v) is 16.7. The second kappa shape index (κ2) is 9.16. The first kappa shape index (κ1) is 20.4. The van der Waals surface area contributed by atoms with Gasteiger partial charge in [0.1, 0.15) is 0 Å². The predicted octanol–water partition coefficient (Wildman–Crippen LogP) is 3.15. The molecule has 2 rings (SSSR count). The van der Waals surface area contributed by atoms with Gasteiger partial charge >= 0.3 is 0 Å². The van der Waals surface area contributed by atoms with E-state index >= 15 is 0 Å². The molecule has 26 heavy (non-hydrogen) atoms. The number of sulfonamides is 1. The number of aromatic nitrogens is 1. The highest BCUT2D eigenvalue weighted by Crippen LogP contribution is 2.24. The van der Waals surface area contributed by atoms with E-state index in [1.165, 1.54) is 22.1 Å². The summed E-state index contributed by atoms with van der Waals surface area (Å²) in [5, 5.41) is 3.52. The summed E-state index contributed by atoms with van der Waals surface area (Å²) < 4.78 is 26.9. The number of nitrogens with zero attached hydrogens (tertiary/aromatic N) is 2. The fourth-order valence-electron chi connectivity index (χ4n) is 2.43. The Balaban J connectivity index is 2.12. The van der Waals surface area contributed by atoms with E-state index in [1.807, 2.05) is 18.2 Å². The van der Waals surface area contributed by atoms with Gasteiger partial charge in [0.2, 0.25) is 15.9 Å². The van der Waals surface area contributed by atoms with Crippen molar-refractivity contribution in [2.75, 3.05) is 24.2 Å². The van der Waals surface area contributed by atoms with Crippen molar-refractivity contribution in [3.63, 3.8) is 0 Å². The van der Waals surface area contributed by atoms with Crippen molar-refractivity contribution < 1.29 is 13.2 Å². The summed E-state index contributed by atoms with van der Waals surface area (Å²) in [5.41, 5.74) is 1.12. The summed E-state index contributed by atoms with van der Waals surface area (Å²) in [5.74, 6) is -0.0149. The maximum atomic E-state index is 12.8. The molecule has 0 atom stereocenters. The number of anilines is 1. The van der Waals surface area contributed by atoms with E-state index in [0.29, 0.717) is 24.3 Å². The highest BCUT2D eigenvalue weighted by Gasteiger charge is 2.24. The molecule has 6 nitrogen and oxygen atoms in total. The molecule has 0 saturated carbocycles. The summed E-state index contributed by atoms with van der Waals surface area (Å²) in [6.07, 6.45) is 1.67. The van der Waals surface area contributed by atoms with E-state index in [2.05, 4.69) is 10.3 Å². The quantitative estimate of drug-likeness (QED) is 0.697. The molecule has 1 aromatic carbocycles. The molecular formula is C18H23N3O3S2. The number of hydrogen-bond acceptors (Lipinski definition) is 5. The second-order valence-electron chi connectivity index (χ2n) is 5.57. The van der Waals surface area contributed by atoms with Gasteiger partial charge in [-0.1, -0.05) is 37.7 Å². The third-order valence-electron chi connectivity index (χ3n) is 3.78. The second-order valence-corrected chi connectivity index (χ2v) is 8.48. The lowest BCUT2D eigenvalue weighted by Gasteiger charge is -2.20. The zero-order chi connectivity index (χ0) is 19.2. The van der Waals surface area contributed by atoms with Gasteiger partial charge in [0.05, 0.1) is 15.7 Å². The van der Waals surface area contributed by atoms with Gasteiger partial charge in [-0.2, -0.15) is 4.31 Å². The summed E-state index contributed by atoms with van der Waals surface area (Å²) in [6, 6.07) is 10.4. The van der Waals surface area contributed by atoms with Gasteiger partial charge < -0.3 is 5.32 Å². The van der Waals surface area contributed by atoms with Crippen molar-refractivity contribution in [1.82, 2.24) is 9.29 Å². The van der Waals surface area contributed by atoms with Crippen LogP contribution in [0.15, 0.2) is 52.5 Å². The minimum atomic E-state index is -3.58. The van der Waals surface area contributed by atoms with Crippen LogP contribution in [0.25, 0.3) is 0 Å². The summed E-state index contributed by atoms with van der Waals surface area (Å²) >= 11 is 1.32. The molecular weight excluding hydrogens is 370 g/mol. The number of amides is 1. The van der Waals surface area contributed by atoms with Crippen LogP contribution in [0.4, 0.5) is 5.69 Å². The van der Waals surface area contributed by atoms with E-state index in [-0.39, 0.29) is 16.6 Å². The molecule has 0 aliphatic carbocycles. The number of carbonyl (C=O) groups is 1. The number of thioether (sulfide) groups is 1. The average Bonchev–Trinajstić information content (AvgIpc) is 2.63. The molecule has 0 spiro atoms. The number of nitrogens with one attached hydrogen (secondary N) is 1. The van der Waals surface area contributed by atoms with Crippen molar-refractivity contribution in [2.45, 2.75) is 30.7 Å². The molecule has 0 bridgehead atoms. The van der Waals surface area contributed by atoms with E-state index in [9.17, 15) is 13.2 Å². The first-order valence-electron chi connectivity index (χ1n) is 8.33. The first-order chi connectivity index (χ1) is 12.4. The van der Waals surface area contributed by atoms with Gasteiger partial charge in [-0.05, 0) is 36.8 Å². The van der Waals surface area contributed by atoms with Crippen LogP contribution in [0.1, 0.15) is 19.4 Å². The highest BCUT2D eigenvalue weighted by atomic mass is 32.2.